The molecule has 1 aromatic heterocycles. The van der Waals surface area contributed by atoms with Crippen molar-refractivity contribution in [3.8, 4) is 0 Å². The summed E-state index contributed by atoms with van der Waals surface area (Å²) in [6.07, 6.45) is 2.87. The first-order valence-electron chi connectivity index (χ1n) is 6.99. The van der Waals surface area contributed by atoms with E-state index in [1.54, 1.807) is 6.26 Å². The van der Waals surface area contributed by atoms with Gasteiger partial charge in [-0.25, -0.2) is 0 Å². The molecule has 2 rings (SSSR count). The van der Waals surface area contributed by atoms with Crippen LogP contribution in [0.5, 0.6) is 0 Å². The van der Waals surface area contributed by atoms with E-state index in [4.69, 9.17) is 4.42 Å². The monoisotopic (exact) mass is 257 g/mol. The smallest absolute Gasteiger partial charge is 0.120 e. The summed E-state index contributed by atoms with van der Waals surface area (Å²) in [6, 6.07) is 13.0. The van der Waals surface area contributed by atoms with Gasteiger partial charge in [-0.15, -0.1) is 0 Å². The summed E-state index contributed by atoms with van der Waals surface area (Å²) < 4.78 is 5.38. The third kappa shape index (κ3) is 4.25. The topological polar surface area (TPSA) is 25.2 Å². The Morgan fingerprint density at radius 3 is 2.26 bits per heavy atom. The van der Waals surface area contributed by atoms with E-state index in [9.17, 15) is 0 Å². The molecule has 0 spiro atoms. The van der Waals surface area contributed by atoms with E-state index in [0.29, 0.717) is 5.92 Å². The van der Waals surface area contributed by atoms with Crippen LogP contribution in [-0.4, -0.2) is 0 Å². The van der Waals surface area contributed by atoms with Crippen molar-refractivity contribution in [3.05, 3.63) is 59.5 Å². The highest BCUT2D eigenvalue weighted by atomic mass is 16.3. The Labute approximate surface area is 115 Å². The van der Waals surface area contributed by atoms with Crippen molar-refractivity contribution in [1.29, 1.82) is 0 Å². The summed E-state index contributed by atoms with van der Waals surface area (Å²) in [5, 5.41) is 3.47. The highest BCUT2D eigenvalue weighted by Crippen LogP contribution is 2.14. The number of hydrogen-bond acceptors (Lipinski definition) is 2. The maximum Gasteiger partial charge on any atom is 0.120 e. The lowest BCUT2D eigenvalue weighted by Crippen LogP contribution is -2.17. The van der Waals surface area contributed by atoms with E-state index in [0.717, 1.165) is 18.7 Å². The third-order valence-electron chi connectivity index (χ3n) is 3.25. The highest BCUT2D eigenvalue weighted by molar-refractivity contribution is 5.23. The fourth-order valence-corrected chi connectivity index (χ4v) is 2.17. The molecule has 0 saturated heterocycles. The predicted octanol–water partition coefficient (Wildman–Crippen LogP) is 4.33. The molecule has 0 saturated carbocycles. The summed E-state index contributed by atoms with van der Waals surface area (Å²) in [4.78, 5) is 0. The minimum absolute atomic E-state index is 0.241. The van der Waals surface area contributed by atoms with Gasteiger partial charge in [0.15, 0.2) is 0 Å². The van der Waals surface area contributed by atoms with Crippen molar-refractivity contribution in [2.24, 2.45) is 5.92 Å². The molecule has 0 amide bonds. The van der Waals surface area contributed by atoms with Crippen molar-refractivity contribution >= 4 is 0 Å². The first-order valence-corrected chi connectivity index (χ1v) is 6.99. The van der Waals surface area contributed by atoms with Gasteiger partial charge < -0.3 is 9.73 Å². The zero-order valence-corrected chi connectivity index (χ0v) is 12.0. The molecular formula is C17H23NO. The number of furan rings is 1. The molecule has 1 atom stereocenters. The predicted molar refractivity (Wildman–Crippen MR) is 78.9 cm³/mol. The van der Waals surface area contributed by atoms with Gasteiger partial charge in [0, 0.05) is 6.54 Å². The van der Waals surface area contributed by atoms with Crippen LogP contribution in [0.2, 0.25) is 0 Å². The second kappa shape index (κ2) is 6.58. The quantitative estimate of drug-likeness (QED) is 0.833. The molecule has 0 aliphatic carbocycles. The van der Waals surface area contributed by atoms with Crippen LogP contribution >= 0.6 is 0 Å². The molecular weight excluding hydrogens is 234 g/mol. The van der Waals surface area contributed by atoms with Gasteiger partial charge in [-0.3, -0.25) is 0 Å². The van der Waals surface area contributed by atoms with E-state index >= 15 is 0 Å². The maximum atomic E-state index is 5.38. The van der Waals surface area contributed by atoms with Gasteiger partial charge in [-0.05, 0) is 42.5 Å². The van der Waals surface area contributed by atoms with Crippen LogP contribution in [0.4, 0.5) is 0 Å². The average molecular weight is 257 g/mol. The SMILES string of the molecule is CC(C)Cc1ccc(CN[C@@H](C)c2ccco2)cc1. The molecule has 0 radical (unpaired) electrons. The Morgan fingerprint density at radius 2 is 1.68 bits per heavy atom. The van der Waals surface area contributed by atoms with Crippen LogP contribution in [0.1, 0.15) is 43.7 Å². The average Bonchev–Trinajstić information content (AvgIpc) is 2.91. The van der Waals surface area contributed by atoms with Gasteiger partial charge in [-0.2, -0.15) is 0 Å². The number of benzene rings is 1. The lowest BCUT2D eigenvalue weighted by atomic mass is 10.0. The minimum Gasteiger partial charge on any atom is -0.468 e. The van der Waals surface area contributed by atoms with Gasteiger partial charge in [-0.1, -0.05) is 38.1 Å². The second-order valence-electron chi connectivity index (χ2n) is 5.53. The largest absolute Gasteiger partial charge is 0.468 e. The number of nitrogens with one attached hydrogen (secondary N) is 1. The van der Waals surface area contributed by atoms with Crippen LogP contribution in [0, 0.1) is 5.92 Å². The fourth-order valence-electron chi connectivity index (χ4n) is 2.17. The molecule has 1 N–H and O–H groups in total. The molecule has 2 nitrogen and oxygen atoms in total. The van der Waals surface area contributed by atoms with Crippen LogP contribution in [-0.2, 0) is 13.0 Å². The number of hydrogen-bond donors (Lipinski definition) is 1. The summed E-state index contributed by atoms with van der Waals surface area (Å²) in [6.45, 7) is 7.48. The van der Waals surface area contributed by atoms with Crippen LogP contribution in [0.3, 0.4) is 0 Å². The molecule has 19 heavy (non-hydrogen) atoms. The molecule has 0 aliphatic heterocycles. The standard InChI is InChI=1S/C17H23NO/c1-13(2)11-15-6-8-16(9-7-15)12-18-14(3)17-5-4-10-19-17/h4-10,13-14,18H,11-12H2,1-3H3/t14-/m0/s1. The maximum absolute atomic E-state index is 5.38. The molecule has 1 aromatic carbocycles. The minimum atomic E-state index is 0.241. The Bertz CT molecular complexity index is 470. The molecule has 0 bridgehead atoms. The lowest BCUT2D eigenvalue weighted by molar-refractivity contribution is 0.430. The van der Waals surface area contributed by atoms with E-state index in [1.807, 2.05) is 12.1 Å². The normalized spacial score (nSPS) is 12.8. The van der Waals surface area contributed by atoms with Crippen LogP contribution in [0.15, 0.2) is 47.1 Å². The van der Waals surface area contributed by atoms with E-state index in [2.05, 4.69) is 50.4 Å². The fraction of sp³-hybridized carbons (Fsp3) is 0.412. The summed E-state index contributed by atoms with van der Waals surface area (Å²) in [7, 11) is 0. The lowest BCUT2D eigenvalue weighted by Gasteiger charge is -2.12. The first kappa shape index (κ1) is 13.9. The van der Waals surface area contributed by atoms with Gasteiger partial charge >= 0.3 is 0 Å². The van der Waals surface area contributed by atoms with Crippen molar-refractivity contribution in [3.63, 3.8) is 0 Å². The highest BCUT2D eigenvalue weighted by Gasteiger charge is 2.07. The third-order valence-corrected chi connectivity index (χ3v) is 3.25. The second-order valence-corrected chi connectivity index (χ2v) is 5.53. The van der Waals surface area contributed by atoms with Crippen molar-refractivity contribution in [1.82, 2.24) is 5.32 Å². The Balaban J connectivity index is 1.86. The Morgan fingerprint density at radius 1 is 1.00 bits per heavy atom. The molecule has 0 aliphatic rings. The summed E-state index contributed by atoms with van der Waals surface area (Å²) in [5.74, 6) is 1.69. The Kier molecular flexibility index (Phi) is 4.80. The summed E-state index contributed by atoms with van der Waals surface area (Å²) >= 11 is 0. The zero-order valence-electron chi connectivity index (χ0n) is 12.0. The van der Waals surface area contributed by atoms with Gasteiger partial charge in [0.05, 0.1) is 12.3 Å². The molecule has 0 unspecified atom stereocenters. The van der Waals surface area contributed by atoms with Gasteiger partial charge in [0.1, 0.15) is 5.76 Å². The zero-order chi connectivity index (χ0) is 13.7. The Hall–Kier alpha value is -1.54. The molecule has 102 valence electrons. The molecule has 0 fully saturated rings. The van der Waals surface area contributed by atoms with Crippen LogP contribution in [0.25, 0.3) is 0 Å². The van der Waals surface area contributed by atoms with E-state index in [1.165, 1.54) is 11.1 Å². The van der Waals surface area contributed by atoms with Crippen molar-refractivity contribution < 1.29 is 4.42 Å². The molecule has 2 heteroatoms. The van der Waals surface area contributed by atoms with Gasteiger partial charge in [0.2, 0.25) is 0 Å². The van der Waals surface area contributed by atoms with E-state index in [-0.39, 0.29) is 6.04 Å². The van der Waals surface area contributed by atoms with E-state index < -0.39 is 0 Å². The van der Waals surface area contributed by atoms with Crippen molar-refractivity contribution in [2.75, 3.05) is 0 Å². The molecule has 1 heterocycles. The van der Waals surface area contributed by atoms with Crippen molar-refractivity contribution in [2.45, 2.75) is 39.8 Å². The number of rotatable bonds is 6. The molecule has 2 aromatic rings. The van der Waals surface area contributed by atoms with Crippen LogP contribution < -0.4 is 5.32 Å². The summed E-state index contributed by atoms with van der Waals surface area (Å²) in [5.41, 5.74) is 2.73. The first-order chi connectivity index (χ1) is 9.15. The van der Waals surface area contributed by atoms with Gasteiger partial charge in [0.25, 0.3) is 0 Å².